The van der Waals surface area contributed by atoms with Gasteiger partial charge in [0.25, 0.3) is 0 Å². The van der Waals surface area contributed by atoms with Crippen LogP contribution in [-0.4, -0.2) is 15.9 Å². The molecule has 0 saturated heterocycles. The summed E-state index contributed by atoms with van der Waals surface area (Å²) >= 11 is 0. The minimum atomic E-state index is -0.626. The Balaban J connectivity index is 2.75. The molecule has 0 saturated carbocycles. The van der Waals surface area contributed by atoms with Gasteiger partial charge in [-0.1, -0.05) is 6.92 Å². The maximum atomic E-state index is 12.7. The number of nitrogens with zero attached hydrogens (tertiary/aromatic N) is 2. The fourth-order valence-electron chi connectivity index (χ4n) is 0.625. The first-order valence-corrected chi connectivity index (χ1v) is 3.49. The largest absolute Gasteiger partial charge is 0.308 e. The van der Waals surface area contributed by atoms with Gasteiger partial charge >= 0.3 is 0 Å². The molecule has 0 bridgehead atoms. The maximum absolute atomic E-state index is 12.7. The summed E-state index contributed by atoms with van der Waals surface area (Å²) in [6.45, 7) is 1.68. The highest BCUT2D eigenvalue weighted by atomic mass is 19.1. The second kappa shape index (κ2) is 3.75. The molecule has 1 N–H and O–H groups in total. The van der Waals surface area contributed by atoms with Crippen LogP contribution in [0.25, 0.3) is 0 Å². The molecule has 0 aliphatic heterocycles. The highest BCUT2D eigenvalue weighted by Crippen LogP contribution is 2.06. The molecule has 0 unspecified atom stereocenters. The molecule has 0 aliphatic rings. The average Bonchev–Trinajstić information content (AvgIpc) is 2.09. The van der Waals surface area contributed by atoms with Gasteiger partial charge in [-0.15, -0.1) is 0 Å². The van der Waals surface area contributed by atoms with Gasteiger partial charge in [-0.3, -0.25) is 4.79 Å². The van der Waals surface area contributed by atoms with Gasteiger partial charge in [0.1, 0.15) is 6.33 Å². The number of halogens is 1. The molecular formula is C7H8FN3O. The van der Waals surface area contributed by atoms with Crippen LogP contribution < -0.4 is 5.32 Å². The van der Waals surface area contributed by atoms with Crippen LogP contribution in [0.3, 0.4) is 0 Å². The zero-order chi connectivity index (χ0) is 8.97. The Morgan fingerprint density at radius 3 is 3.08 bits per heavy atom. The smallest absolute Gasteiger partial charge is 0.225 e. The van der Waals surface area contributed by atoms with Gasteiger partial charge in [-0.2, -0.15) is 0 Å². The van der Waals surface area contributed by atoms with Crippen molar-refractivity contribution >= 4 is 11.7 Å². The molecule has 64 valence electrons. The van der Waals surface area contributed by atoms with E-state index in [1.165, 1.54) is 6.33 Å². The monoisotopic (exact) mass is 169 g/mol. The van der Waals surface area contributed by atoms with E-state index in [-0.39, 0.29) is 11.7 Å². The lowest BCUT2D eigenvalue weighted by Crippen LogP contribution is -2.12. The number of nitrogens with one attached hydrogen (secondary N) is 1. The van der Waals surface area contributed by atoms with Gasteiger partial charge in [-0.25, -0.2) is 14.4 Å². The first kappa shape index (κ1) is 8.58. The summed E-state index contributed by atoms with van der Waals surface area (Å²) in [5.41, 5.74) is 0. The summed E-state index contributed by atoms with van der Waals surface area (Å²) in [7, 11) is 0. The number of hydrogen-bond donors (Lipinski definition) is 1. The number of rotatable bonds is 2. The summed E-state index contributed by atoms with van der Waals surface area (Å²) in [6.07, 6.45) is 2.47. The van der Waals surface area contributed by atoms with E-state index in [9.17, 15) is 9.18 Å². The quantitative estimate of drug-likeness (QED) is 0.717. The second-order valence-electron chi connectivity index (χ2n) is 2.12. The molecule has 0 spiro atoms. The highest BCUT2D eigenvalue weighted by molar-refractivity contribution is 5.89. The summed E-state index contributed by atoms with van der Waals surface area (Å²) in [4.78, 5) is 17.8. The van der Waals surface area contributed by atoms with Crippen LogP contribution >= 0.6 is 0 Å². The summed E-state index contributed by atoms with van der Waals surface area (Å²) in [6, 6.07) is 0. The van der Waals surface area contributed by atoms with Crippen LogP contribution in [0, 0.1) is 5.82 Å². The first-order chi connectivity index (χ1) is 5.74. The average molecular weight is 169 g/mol. The van der Waals surface area contributed by atoms with Gasteiger partial charge in [0, 0.05) is 6.42 Å². The Bertz CT molecular complexity index is 290. The van der Waals surface area contributed by atoms with Crippen molar-refractivity contribution in [2.45, 2.75) is 13.3 Å². The van der Waals surface area contributed by atoms with E-state index in [2.05, 4.69) is 15.3 Å². The molecule has 1 aromatic heterocycles. The van der Waals surface area contributed by atoms with Crippen molar-refractivity contribution in [3.8, 4) is 0 Å². The van der Waals surface area contributed by atoms with Crippen molar-refractivity contribution in [2.24, 2.45) is 0 Å². The van der Waals surface area contributed by atoms with E-state index in [0.29, 0.717) is 6.42 Å². The fraction of sp³-hybridized carbons (Fsp3) is 0.286. The minimum Gasteiger partial charge on any atom is -0.308 e. The SMILES string of the molecule is CCC(=O)Nc1ncncc1F. The van der Waals surface area contributed by atoms with Crippen LogP contribution in [0.2, 0.25) is 0 Å². The van der Waals surface area contributed by atoms with Crippen LogP contribution in [0.4, 0.5) is 10.2 Å². The van der Waals surface area contributed by atoms with Crippen molar-refractivity contribution in [3.05, 3.63) is 18.3 Å². The predicted molar refractivity (Wildman–Crippen MR) is 40.9 cm³/mol. The van der Waals surface area contributed by atoms with Gasteiger partial charge in [-0.05, 0) is 0 Å². The Hall–Kier alpha value is -1.52. The van der Waals surface area contributed by atoms with E-state index in [0.717, 1.165) is 6.20 Å². The van der Waals surface area contributed by atoms with Crippen molar-refractivity contribution in [2.75, 3.05) is 5.32 Å². The van der Waals surface area contributed by atoms with E-state index in [4.69, 9.17) is 0 Å². The fourth-order valence-corrected chi connectivity index (χ4v) is 0.625. The van der Waals surface area contributed by atoms with E-state index >= 15 is 0 Å². The zero-order valence-corrected chi connectivity index (χ0v) is 6.54. The summed E-state index contributed by atoms with van der Waals surface area (Å²) < 4.78 is 12.7. The lowest BCUT2D eigenvalue weighted by molar-refractivity contribution is -0.115. The van der Waals surface area contributed by atoms with Gasteiger partial charge < -0.3 is 5.32 Å². The topological polar surface area (TPSA) is 54.9 Å². The molecule has 4 nitrogen and oxygen atoms in total. The first-order valence-electron chi connectivity index (χ1n) is 3.49. The van der Waals surface area contributed by atoms with Crippen molar-refractivity contribution in [1.29, 1.82) is 0 Å². The number of hydrogen-bond acceptors (Lipinski definition) is 3. The molecule has 12 heavy (non-hydrogen) atoms. The Morgan fingerprint density at radius 1 is 1.75 bits per heavy atom. The minimum absolute atomic E-state index is 0.0724. The van der Waals surface area contributed by atoms with E-state index < -0.39 is 5.82 Å². The number of aromatic nitrogens is 2. The molecule has 1 aromatic rings. The standard InChI is InChI=1S/C7H8FN3O/c1-2-6(12)11-7-5(8)3-9-4-10-7/h3-4H,2H2,1H3,(H,9,10,11,12). The molecule has 0 fully saturated rings. The lowest BCUT2D eigenvalue weighted by Gasteiger charge is -2.01. The molecule has 1 amide bonds. The third kappa shape index (κ3) is 1.98. The molecular weight excluding hydrogens is 161 g/mol. The number of carbonyl (C=O) groups excluding carboxylic acids is 1. The van der Waals surface area contributed by atoms with E-state index in [1.54, 1.807) is 6.92 Å². The summed E-state index contributed by atoms with van der Waals surface area (Å²) in [5.74, 6) is -0.969. The highest BCUT2D eigenvalue weighted by Gasteiger charge is 2.04. The maximum Gasteiger partial charge on any atom is 0.225 e. The van der Waals surface area contributed by atoms with E-state index in [1.807, 2.05) is 0 Å². The van der Waals surface area contributed by atoms with Crippen LogP contribution in [-0.2, 0) is 4.79 Å². The molecule has 1 rings (SSSR count). The van der Waals surface area contributed by atoms with Crippen LogP contribution in [0.15, 0.2) is 12.5 Å². The molecule has 0 radical (unpaired) electrons. The van der Waals surface area contributed by atoms with Crippen molar-refractivity contribution in [1.82, 2.24) is 9.97 Å². The van der Waals surface area contributed by atoms with Crippen LogP contribution in [0.1, 0.15) is 13.3 Å². The number of carbonyl (C=O) groups is 1. The second-order valence-corrected chi connectivity index (χ2v) is 2.12. The van der Waals surface area contributed by atoms with Crippen molar-refractivity contribution in [3.63, 3.8) is 0 Å². The Kier molecular flexibility index (Phi) is 2.68. The Morgan fingerprint density at radius 2 is 2.50 bits per heavy atom. The zero-order valence-electron chi connectivity index (χ0n) is 6.54. The Labute approximate surface area is 68.8 Å². The van der Waals surface area contributed by atoms with Crippen LogP contribution in [0.5, 0.6) is 0 Å². The normalized spacial score (nSPS) is 9.50. The molecule has 0 aliphatic carbocycles. The van der Waals surface area contributed by atoms with Gasteiger partial charge in [0.05, 0.1) is 6.20 Å². The molecule has 0 aromatic carbocycles. The third-order valence-corrected chi connectivity index (χ3v) is 1.25. The van der Waals surface area contributed by atoms with Gasteiger partial charge in [0.2, 0.25) is 5.91 Å². The molecule has 0 atom stereocenters. The number of amides is 1. The van der Waals surface area contributed by atoms with Crippen molar-refractivity contribution < 1.29 is 9.18 Å². The van der Waals surface area contributed by atoms with Gasteiger partial charge in [0.15, 0.2) is 11.6 Å². The molecule has 1 heterocycles. The lowest BCUT2D eigenvalue weighted by atomic mass is 10.4. The summed E-state index contributed by atoms with van der Waals surface area (Å²) in [5, 5.41) is 2.29. The number of anilines is 1. The predicted octanol–water partition coefficient (Wildman–Crippen LogP) is 0.964. The third-order valence-electron chi connectivity index (χ3n) is 1.25. The molecule has 5 heteroatoms.